The van der Waals surface area contributed by atoms with Gasteiger partial charge in [0.1, 0.15) is 5.82 Å². The minimum absolute atomic E-state index is 0.0168. The van der Waals surface area contributed by atoms with Gasteiger partial charge in [-0.1, -0.05) is 27.7 Å². The predicted octanol–water partition coefficient (Wildman–Crippen LogP) is 3.03. The molecule has 0 bridgehead atoms. The van der Waals surface area contributed by atoms with Gasteiger partial charge in [0.2, 0.25) is 0 Å². The Hall–Kier alpha value is -0.920. The molecule has 0 atom stereocenters. The Balaban J connectivity index is 3.50. The maximum Gasteiger partial charge on any atom is 0.131 e. The van der Waals surface area contributed by atoms with Crippen LogP contribution in [-0.4, -0.2) is 9.97 Å². The molecule has 13 heavy (non-hydrogen) atoms. The van der Waals surface area contributed by atoms with E-state index in [1.165, 1.54) is 0 Å². The third-order valence-corrected chi connectivity index (χ3v) is 1.84. The van der Waals surface area contributed by atoms with Crippen molar-refractivity contribution in [1.29, 1.82) is 0 Å². The maximum atomic E-state index is 7.78. The highest BCUT2D eigenvalue weighted by atomic mass is 14.9. The number of hydrogen-bond acceptors (Lipinski definition) is 2. The highest BCUT2D eigenvalue weighted by Gasteiger charge is 2.09. The lowest BCUT2D eigenvalue weighted by molar-refractivity contribution is 0.722. The summed E-state index contributed by atoms with van der Waals surface area (Å²) in [6.07, 6.45) is -0.174. The maximum absolute atomic E-state index is 7.78. The minimum Gasteiger partial charge on any atom is -0.241 e. The Morgan fingerprint density at radius 3 is 2.46 bits per heavy atom. The normalized spacial score (nSPS) is 16.8. The van der Waals surface area contributed by atoms with E-state index in [4.69, 9.17) is 5.48 Å². The Bertz CT molecular complexity index is 411. The van der Waals surface area contributed by atoms with Gasteiger partial charge in [0.15, 0.2) is 0 Å². The number of rotatable bonds is 2. The summed E-state index contributed by atoms with van der Waals surface area (Å²) in [6, 6.07) is 0. The predicted molar refractivity (Wildman–Crippen MR) is 54.9 cm³/mol. The second kappa shape index (κ2) is 3.86. The molecule has 2 nitrogen and oxygen atoms in total. The van der Waals surface area contributed by atoms with Crippen molar-refractivity contribution in [1.82, 2.24) is 9.97 Å². The van der Waals surface area contributed by atoms with Crippen LogP contribution in [0.3, 0.4) is 0 Å². The molecule has 0 aliphatic heterocycles. The molecule has 1 aromatic rings. The summed E-state index contributed by atoms with van der Waals surface area (Å²) in [5.41, 5.74) is 0.450. The second-order valence-corrected chi connectivity index (χ2v) is 3.76. The van der Waals surface area contributed by atoms with Gasteiger partial charge in [0.25, 0.3) is 0 Å². The Morgan fingerprint density at radius 1 is 1.31 bits per heavy atom. The summed E-state index contributed by atoms with van der Waals surface area (Å²) < 4.78 is 30.2. The van der Waals surface area contributed by atoms with E-state index in [9.17, 15) is 0 Å². The van der Waals surface area contributed by atoms with E-state index in [1.807, 2.05) is 27.7 Å². The van der Waals surface area contributed by atoms with Crippen molar-refractivity contribution >= 4 is 0 Å². The standard InChI is InChI=1S/C11H18N2/c1-7(2)10-9(5)6-12-11(13-10)8(3)4/h6-8H,1-5H3/i5D3,6D. The lowest BCUT2D eigenvalue weighted by Crippen LogP contribution is -2.04. The van der Waals surface area contributed by atoms with E-state index in [1.54, 1.807) is 0 Å². The largest absolute Gasteiger partial charge is 0.241 e. The van der Waals surface area contributed by atoms with Crippen molar-refractivity contribution in [2.75, 3.05) is 0 Å². The van der Waals surface area contributed by atoms with Crippen LogP contribution in [0.5, 0.6) is 0 Å². The molecule has 1 aromatic heterocycles. The van der Waals surface area contributed by atoms with Gasteiger partial charge in [0.05, 0.1) is 1.37 Å². The van der Waals surface area contributed by atoms with Crippen LogP contribution in [0.15, 0.2) is 6.17 Å². The zero-order chi connectivity index (χ0) is 13.4. The van der Waals surface area contributed by atoms with E-state index in [-0.39, 0.29) is 23.6 Å². The molecular formula is C11H18N2. The Labute approximate surface area is 86.0 Å². The summed E-state index contributed by atoms with van der Waals surface area (Å²) in [5.74, 6) is 0.587. The molecule has 0 aliphatic rings. The Morgan fingerprint density at radius 2 is 2.00 bits per heavy atom. The first-order chi connectivity index (χ1) is 7.64. The van der Waals surface area contributed by atoms with Crippen molar-refractivity contribution in [2.45, 2.75) is 46.4 Å². The molecule has 72 valence electrons. The number of hydrogen-bond donors (Lipinski definition) is 0. The molecule has 1 heterocycles. The Kier molecular flexibility index (Phi) is 1.70. The van der Waals surface area contributed by atoms with Gasteiger partial charge in [-0.3, -0.25) is 0 Å². The van der Waals surface area contributed by atoms with Gasteiger partial charge < -0.3 is 0 Å². The van der Waals surface area contributed by atoms with Crippen LogP contribution in [0.4, 0.5) is 0 Å². The van der Waals surface area contributed by atoms with Crippen LogP contribution in [0.25, 0.3) is 0 Å². The summed E-state index contributed by atoms with van der Waals surface area (Å²) >= 11 is 0. The van der Waals surface area contributed by atoms with Crippen molar-refractivity contribution in [3.8, 4) is 0 Å². The van der Waals surface area contributed by atoms with Crippen LogP contribution >= 0.6 is 0 Å². The lowest BCUT2D eigenvalue weighted by Gasteiger charge is -2.11. The fourth-order valence-electron chi connectivity index (χ4n) is 1.05. The zero-order valence-corrected chi connectivity index (χ0v) is 8.55. The van der Waals surface area contributed by atoms with Crippen molar-refractivity contribution in [2.24, 2.45) is 0 Å². The average Bonchev–Trinajstić information content (AvgIpc) is 2.13. The molecule has 0 radical (unpaired) electrons. The number of aromatic nitrogens is 2. The van der Waals surface area contributed by atoms with E-state index < -0.39 is 6.85 Å². The molecule has 0 spiro atoms. The SMILES string of the molecule is [2H]c1nc(C(C)C)nc(C(C)C)c1C([2H])([2H])[2H]. The molecule has 0 N–H and O–H groups in total. The highest BCUT2D eigenvalue weighted by molar-refractivity contribution is 5.19. The minimum atomic E-state index is -2.33. The van der Waals surface area contributed by atoms with Crippen LogP contribution in [-0.2, 0) is 0 Å². The van der Waals surface area contributed by atoms with E-state index in [0.717, 1.165) is 0 Å². The van der Waals surface area contributed by atoms with Gasteiger partial charge in [-0.05, 0) is 18.3 Å². The molecule has 0 saturated carbocycles. The summed E-state index contributed by atoms with van der Waals surface area (Å²) in [7, 11) is 0. The van der Waals surface area contributed by atoms with Crippen LogP contribution in [0.1, 0.15) is 62.1 Å². The third-order valence-electron chi connectivity index (χ3n) is 1.84. The van der Waals surface area contributed by atoms with Crippen molar-refractivity contribution in [3.63, 3.8) is 0 Å². The third kappa shape index (κ3) is 2.27. The van der Waals surface area contributed by atoms with Gasteiger partial charge in [-0.15, -0.1) is 0 Å². The van der Waals surface area contributed by atoms with E-state index in [0.29, 0.717) is 11.5 Å². The molecule has 1 rings (SSSR count). The fourth-order valence-corrected chi connectivity index (χ4v) is 1.05. The van der Waals surface area contributed by atoms with Crippen molar-refractivity contribution < 1.29 is 5.48 Å². The number of nitrogens with zero attached hydrogens (tertiary/aromatic N) is 2. The summed E-state index contributed by atoms with van der Waals surface area (Å²) in [5, 5.41) is 0. The highest BCUT2D eigenvalue weighted by Crippen LogP contribution is 2.18. The second-order valence-electron chi connectivity index (χ2n) is 3.76. The van der Waals surface area contributed by atoms with Gasteiger partial charge >= 0.3 is 0 Å². The van der Waals surface area contributed by atoms with E-state index >= 15 is 0 Å². The smallest absolute Gasteiger partial charge is 0.131 e. The topological polar surface area (TPSA) is 25.8 Å². The monoisotopic (exact) mass is 182 g/mol. The molecule has 0 amide bonds. The van der Waals surface area contributed by atoms with Crippen LogP contribution in [0, 0.1) is 6.85 Å². The zero-order valence-electron chi connectivity index (χ0n) is 12.5. The molecule has 0 saturated heterocycles. The lowest BCUT2D eigenvalue weighted by atomic mass is 10.1. The molecular weight excluding hydrogens is 160 g/mol. The van der Waals surface area contributed by atoms with Gasteiger partial charge in [0, 0.05) is 21.9 Å². The first-order valence-corrected chi connectivity index (χ1v) is 4.53. The van der Waals surface area contributed by atoms with Crippen LogP contribution in [0.2, 0.25) is 0 Å². The van der Waals surface area contributed by atoms with Gasteiger partial charge in [-0.2, -0.15) is 0 Å². The van der Waals surface area contributed by atoms with Crippen molar-refractivity contribution in [3.05, 3.63) is 23.3 Å². The van der Waals surface area contributed by atoms with E-state index in [2.05, 4.69) is 9.97 Å². The molecule has 0 unspecified atom stereocenters. The molecule has 0 fully saturated rings. The molecule has 0 aromatic carbocycles. The van der Waals surface area contributed by atoms with Crippen LogP contribution < -0.4 is 0 Å². The average molecular weight is 182 g/mol. The first-order valence-electron chi connectivity index (χ1n) is 6.53. The summed E-state index contributed by atoms with van der Waals surface area (Å²) in [4.78, 5) is 8.29. The molecule has 0 aliphatic carbocycles. The quantitative estimate of drug-likeness (QED) is 0.702. The fraction of sp³-hybridized carbons (Fsp3) is 0.636. The molecule has 2 heteroatoms. The summed E-state index contributed by atoms with van der Waals surface area (Å²) in [6.45, 7) is 5.27. The first kappa shape index (κ1) is 5.74. The van der Waals surface area contributed by atoms with Gasteiger partial charge in [-0.25, -0.2) is 9.97 Å².